The first kappa shape index (κ1) is 18.4. The Balaban J connectivity index is 1.82. The maximum atomic E-state index is 13.7. The molecular weight excluding hydrogens is 333 g/mol. The van der Waals surface area contributed by atoms with Crippen LogP contribution >= 0.6 is 0 Å². The highest BCUT2D eigenvalue weighted by atomic mass is 19.1. The Bertz CT molecular complexity index is 856. The van der Waals surface area contributed by atoms with Crippen molar-refractivity contribution in [3.8, 4) is 0 Å². The number of likely N-dealkylation sites (tertiary alicyclic amines) is 1. The second-order valence-corrected chi connectivity index (χ2v) is 8.03. The highest BCUT2D eigenvalue weighted by molar-refractivity contribution is 6.07. The van der Waals surface area contributed by atoms with Gasteiger partial charge in [-0.3, -0.25) is 9.59 Å². The van der Waals surface area contributed by atoms with Crippen LogP contribution in [0.5, 0.6) is 0 Å². The lowest BCUT2D eigenvalue weighted by atomic mass is 9.79. The fourth-order valence-electron chi connectivity index (χ4n) is 3.94. The molecule has 1 saturated heterocycles. The zero-order valence-corrected chi connectivity index (χ0v) is 15.6. The van der Waals surface area contributed by atoms with Crippen LogP contribution in [0.25, 0.3) is 10.9 Å². The molecule has 0 bridgehead atoms. The third-order valence-corrected chi connectivity index (χ3v) is 5.45. The van der Waals surface area contributed by atoms with Crippen LogP contribution in [-0.2, 0) is 11.8 Å². The van der Waals surface area contributed by atoms with Crippen molar-refractivity contribution in [2.24, 2.45) is 24.1 Å². The van der Waals surface area contributed by atoms with Crippen LogP contribution in [-0.4, -0.2) is 34.4 Å². The molecule has 1 fully saturated rings. The normalized spacial score (nSPS) is 18.3. The van der Waals surface area contributed by atoms with E-state index >= 15 is 0 Å². The number of carbonyl (C=O) groups is 2. The fraction of sp³-hybridized carbons (Fsp3) is 0.500. The molecule has 1 aliphatic rings. The van der Waals surface area contributed by atoms with Crippen molar-refractivity contribution in [1.29, 1.82) is 0 Å². The Morgan fingerprint density at radius 3 is 2.77 bits per heavy atom. The number of aromatic nitrogens is 1. The summed E-state index contributed by atoms with van der Waals surface area (Å²) in [6.07, 6.45) is 4.30. The molecule has 1 aromatic heterocycles. The topological polar surface area (TPSA) is 68.3 Å². The van der Waals surface area contributed by atoms with E-state index in [1.807, 2.05) is 30.4 Å². The van der Waals surface area contributed by atoms with Crippen molar-refractivity contribution < 1.29 is 14.0 Å². The van der Waals surface area contributed by atoms with Crippen LogP contribution in [0.15, 0.2) is 24.4 Å². The highest BCUT2D eigenvalue weighted by Crippen LogP contribution is 2.32. The van der Waals surface area contributed by atoms with Crippen LogP contribution in [0.3, 0.4) is 0 Å². The van der Waals surface area contributed by atoms with Crippen molar-refractivity contribution in [2.75, 3.05) is 13.1 Å². The molecule has 5 nitrogen and oxygen atoms in total. The van der Waals surface area contributed by atoms with Crippen LogP contribution in [0.1, 0.15) is 43.5 Å². The number of nitrogens with zero attached hydrogens (tertiary/aromatic N) is 2. The smallest absolute Gasteiger partial charge is 0.256 e. The summed E-state index contributed by atoms with van der Waals surface area (Å²) in [5, 5.41) is 0.636. The Hall–Kier alpha value is -2.37. The van der Waals surface area contributed by atoms with E-state index in [2.05, 4.69) is 0 Å². The molecule has 1 aromatic carbocycles. The molecule has 6 heteroatoms. The number of benzene rings is 1. The summed E-state index contributed by atoms with van der Waals surface area (Å²) in [4.78, 5) is 26.5. The summed E-state index contributed by atoms with van der Waals surface area (Å²) in [5.74, 6) is -0.507. The molecule has 0 spiro atoms. The minimum atomic E-state index is -0.584. The van der Waals surface area contributed by atoms with Gasteiger partial charge in [-0.1, -0.05) is 13.8 Å². The summed E-state index contributed by atoms with van der Waals surface area (Å²) < 4.78 is 15.5. The number of halogens is 1. The Labute approximate surface area is 152 Å². The van der Waals surface area contributed by atoms with Gasteiger partial charge in [0, 0.05) is 42.7 Å². The van der Waals surface area contributed by atoms with Crippen LogP contribution < -0.4 is 5.73 Å². The summed E-state index contributed by atoms with van der Waals surface area (Å²) in [6.45, 7) is 4.98. The van der Waals surface area contributed by atoms with Gasteiger partial charge in [-0.2, -0.15) is 0 Å². The number of hydrogen-bond acceptors (Lipinski definition) is 2. The number of nitrogens with two attached hydrogens (primary N) is 1. The molecule has 2 amide bonds. The van der Waals surface area contributed by atoms with Gasteiger partial charge in [0.15, 0.2) is 0 Å². The molecule has 3 rings (SSSR count). The minimum absolute atomic E-state index is 0.0808. The molecule has 140 valence electrons. The van der Waals surface area contributed by atoms with E-state index in [1.54, 1.807) is 12.3 Å². The number of amides is 2. The number of primary amides is 1. The lowest BCUT2D eigenvalue weighted by Crippen LogP contribution is -2.42. The third-order valence-electron chi connectivity index (χ3n) is 5.45. The molecule has 2 N–H and O–H groups in total. The first-order valence-corrected chi connectivity index (χ1v) is 9.03. The summed E-state index contributed by atoms with van der Waals surface area (Å²) in [6, 6.07) is 4.51. The molecule has 0 aliphatic carbocycles. The summed E-state index contributed by atoms with van der Waals surface area (Å²) in [5.41, 5.74) is 6.27. The van der Waals surface area contributed by atoms with Gasteiger partial charge in [-0.05, 0) is 43.4 Å². The van der Waals surface area contributed by atoms with Gasteiger partial charge in [0.2, 0.25) is 5.91 Å². The lowest BCUT2D eigenvalue weighted by molar-refractivity contribution is -0.127. The third kappa shape index (κ3) is 3.45. The van der Waals surface area contributed by atoms with Gasteiger partial charge in [-0.15, -0.1) is 0 Å². The molecule has 1 unspecified atom stereocenters. The van der Waals surface area contributed by atoms with Gasteiger partial charge < -0.3 is 15.2 Å². The number of fused-ring (bicyclic) bond motifs is 1. The van der Waals surface area contributed by atoms with Crippen LogP contribution in [0.4, 0.5) is 4.39 Å². The molecule has 0 radical (unpaired) electrons. The van der Waals surface area contributed by atoms with Gasteiger partial charge in [0.25, 0.3) is 5.91 Å². The van der Waals surface area contributed by atoms with Crippen LogP contribution in [0, 0.1) is 17.2 Å². The predicted molar refractivity (Wildman–Crippen MR) is 99.1 cm³/mol. The second kappa shape index (κ2) is 6.74. The van der Waals surface area contributed by atoms with Crippen molar-refractivity contribution in [2.45, 2.75) is 33.1 Å². The molecule has 26 heavy (non-hydrogen) atoms. The highest BCUT2D eigenvalue weighted by Gasteiger charge is 2.33. The van der Waals surface area contributed by atoms with Crippen molar-refractivity contribution in [3.63, 3.8) is 0 Å². The van der Waals surface area contributed by atoms with E-state index in [0.29, 0.717) is 30.5 Å². The molecular formula is C20H26FN3O2. The first-order valence-electron chi connectivity index (χ1n) is 9.03. The van der Waals surface area contributed by atoms with Crippen molar-refractivity contribution in [3.05, 3.63) is 35.8 Å². The van der Waals surface area contributed by atoms with Crippen molar-refractivity contribution in [1.82, 2.24) is 9.47 Å². The lowest BCUT2D eigenvalue weighted by Gasteiger charge is -2.36. The van der Waals surface area contributed by atoms with E-state index in [-0.39, 0.29) is 23.5 Å². The molecule has 1 aliphatic heterocycles. The average Bonchev–Trinajstić information content (AvgIpc) is 2.90. The summed E-state index contributed by atoms with van der Waals surface area (Å²) >= 11 is 0. The maximum Gasteiger partial charge on any atom is 0.256 e. The molecule has 0 saturated carbocycles. The second-order valence-electron chi connectivity index (χ2n) is 8.03. The van der Waals surface area contributed by atoms with Crippen LogP contribution in [0.2, 0.25) is 0 Å². The summed E-state index contributed by atoms with van der Waals surface area (Å²) in [7, 11) is 1.85. The quantitative estimate of drug-likeness (QED) is 0.911. The van der Waals surface area contributed by atoms with Gasteiger partial charge in [0.1, 0.15) is 5.82 Å². The Morgan fingerprint density at radius 2 is 2.08 bits per heavy atom. The van der Waals surface area contributed by atoms with Gasteiger partial charge in [-0.25, -0.2) is 4.39 Å². The average molecular weight is 359 g/mol. The van der Waals surface area contributed by atoms with E-state index in [4.69, 9.17) is 5.73 Å². The molecule has 1 atom stereocenters. The number of rotatable bonds is 4. The van der Waals surface area contributed by atoms with E-state index in [0.717, 1.165) is 18.4 Å². The molecule has 2 aromatic rings. The SMILES string of the molecule is Cn1cc(C(=O)N2CCCC(CC(C)(C)C(N)=O)C2)c2cc(F)ccc21. The maximum absolute atomic E-state index is 13.7. The van der Waals surface area contributed by atoms with Crippen molar-refractivity contribution >= 4 is 22.7 Å². The zero-order valence-electron chi connectivity index (χ0n) is 15.6. The number of hydrogen-bond donors (Lipinski definition) is 1. The first-order chi connectivity index (χ1) is 12.2. The predicted octanol–water partition coefficient (Wildman–Crippen LogP) is 3.07. The number of aryl methyl sites for hydroxylation is 1. The Morgan fingerprint density at radius 1 is 1.35 bits per heavy atom. The largest absolute Gasteiger partial charge is 0.369 e. The van der Waals surface area contributed by atoms with E-state index in [1.165, 1.54) is 12.1 Å². The standard InChI is InChI=1S/C20H26FN3O2/c1-20(2,19(22)26)10-13-5-4-8-24(11-13)18(25)16-12-23(3)17-7-6-14(21)9-15(16)17/h6-7,9,12-13H,4-5,8,10-11H2,1-3H3,(H2,22,26). The van der Waals surface area contributed by atoms with Gasteiger partial charge >= 0.3 is 0 Å². The van der Waals surface area contributed by atoms with E-state index in [9.17, 15) is 14.0 Å². The monoisotopic (exact) mass is 359 g/mol. The molecule has 2 heterocycles. The van der Waals surface area contributed by atoms with E-state index < -0.39 is 5.41 Å². The number of piperidine rings is 1. The van der Waals surface area contributed by atoms with Gasteiger partial charge in [0.05, 0.1) is 5.56 Å². The minimum Gasteiger partial charge on any atom is -0.369 e. The fourth-order valence-corrected chi connectivity index (χ4v) is 3.94. The zero-order chi connectivity index (χ0) is 19.1. The number of carbonyl (C=O) groups excluding carboxylic acids is 2. The Kier molecular flexibility index (Phi) is 4.78.